The van der Waals surface area contributed by atoms with Crippen LogP contribution >= 0.6 is 11.8 Å². The molecule has 1 aromatic rings. The molecular formula is C13H19IN2O2S. The summed E-state index contributed by atoms with van der Waals surface area (Å²) in [5.41, 5.74) is 0.589. The van der Waals surface area contributed by atoms with E-state index in [1.165, 1.54) is 7.11 Å². The molecule has 1 rings (SSSR count). The summed E-state index contributed by atoms with van der Waals surface area (Å²) in [6, 6.07) is 7.44. The van der Waals surface area contributed by atoms with Crippen LogP contribution in [-0.2, 0) is 4.74 Å². The Bertz CT molecular complexity index is 471. The van der Waals surface area contributed by atoms with E-state index >= 15 is 0 Å². The normalized spacial score (nSPS) is 9.32. The molecular weight excluding hydrogens is 375 g/mol. The molecule has 4 nitrogen and oxygen atoms in total. The van der Waals surface area contributed by atoms with Gasteiger partial charge in [0, 0.05) is 4.90 Å². The maximum absolute atomic E-state index is 11.7. The Morgan fingerprint density at radius 1 is 1.26 bits per heavy atom. The van der Waals surface area contributed by atoms with Gasteiger partial charge in [-0.1, -0.05) is 12.1 Å². The summed E-state index contributed by atoms with van der Waals surface area (Å²) in [7, 11) is 9.30. The number of amidine groups is 1. The van der Waals surface area contributed by atoms with Gasteiger partial charge in [-0.05, 0) is 23.9 Å². The van der Waals surface area contributed by atoms with E-state index in [-0.39, 0.29) is 29.9 Å². The van der Waals surface area contributed by atoms with E-state index in [4.69, 9.17) is 4.74 Å². The third kappa shape index (κ3) is 5.02. The first-order valence-corrected chi connectivity index (χ1v) is 6.35. The van der Waals surface area contributed by atoms with Crippen molar-refractivity contribution >= 4 is 22.9 Å². The maximum atomic E-state index is 11.7. The second-order valence-electron chi connectivity index (χ2n) is 4.16. The average Bonchev–Trinajstić information content (AvgIpc) is 2.34. The Balaban J connectivity index is 0.00000324. The molecule has 106 valence electrons. The summed E-state index contributed by atoms with van der Waals surface area (Å²) in [4.78, 5) is 14.6. The number of rotatable bonds is 2. The summed E-state index contributed by atoms with van der Waals surface area (Å²) < 4.78 is 6.80. The quantitative estimate of drug-likeness (QED) is 0.157. The zero-order valence-electron chi connectivity index (χ0n) is 11.8. The third-order valence-corrected chi connectivity index (χ3v) is 3.75. The minimum Gasteiger partial charge on any atom is -1.00 e. The molecule has 0 radical (unpaired) electrons. The molecule has 0 bridgehead atoms. The lowest BCUT2D eigenvalue weighted by atomic mass is 10.2. The van der Waals surface area contributed by atoms with Gasteiger partial charge in [-0.2, -0.15) is 0 Å². The molecule has 0 saturated heterocycles. The summed E-state index contributed by atoms with van der Waals surface area (Å²) in [5, 5.41) is 1.05. The van der Waals surface area contributed by atoms with E-state index in [9.17, 15) is 4.79 Å². The highest BCUT2D eigenvalue weighted by molar-refractivity contribution is 8.13. The van der Waals surface area contributed by atoms with Crippen molar-refractivity contribution in [3.63, 3.8) is 0 Å². The van der Waals surface area contributed by atoms with Crippen LogP contribution in [0.2, 0.25) is 0 Å². The van der Waals surface area contributed by atoms with Crippen LogP contribution in [0, 0.1) is 0 Å². The molecule has 6 heteroatoms. The number of hydrogen-bond donors (Lipinski definition) is 0. The summed E-state index contributed by atoms with van der Waals surface area (Å²) in [5.74, 6) is -0.310. The minimum absolute atomic E-state index is 0. The average molecular weight is 394 g/mol. The lowest BCUT2D eigenvalue weighted by Crippen LogP contribution is -3.00. The van der Waals surface area contributed by atoms with Crippen molar-refractivity contribution in [3.8, 4) is 0 Å². The molecule has 0 amide bonds. The van der Waals surface area contributed by atoms with Crippen molar-refractivity contribution < 1.29 is 38.1 Å². The highest BCUT2D eigenvalue weighted by Gasteiger charge is 2.19. The molecule has 0 spiro atoms. The Hall–Kier alpha value is -0.760. The molecule has 0 aliphatic rings. The fourth-order valence-electron chi connectivity index (χ4n) is 1.52. The molecule has 0 N–H and O–H groups in total. The minimum atomic E-state index is -0.310. The SMILES string of the molecule is COC(=O)c1ccccc1SC(N(C)C)=[N+](C)C.[I-]. The molecule has 1 aromatic carbocycles. The summed E-state index contributed by atoms with van der Waals surface area (Å²) in [6.07, 6.45) is 0. The van der Waals surface area contributed by atoms with Crippen molar-refractivity contribution in [1.82, 2.24) is 4.90 Å². The molecule has 0 unspecified atom stereocenters. The van der Waals surface area contributed by atoms with Crippen LogP contribution in [0.15, 0.2) is 29.2 Å². The van der Waals surface area contributed by atoms with E-state index in [1.54, 1.807) is 17.8 Å². The number of thioether (sulfide) groups is 1. The van der Waals surface area contributed by atoms with Crippen molar-refractivity contribution in [2.75, 3.05) is 35.3 Å². The first-order chi connectivity index (χ1) is 8.47. The monoisotopic (exact) mass is 394 g/mol. The predicted molar refractivity (Wildman–Crippen MR) is 74.4 cm³/mol. The van der Waals surface area contributed by atoms with Gasteiger partial charge in [0.2, 0.25) is 0 Å². The van der Waals surface area contributed by atoms with Crippen LogP contribution in [0.5, 0.6) is 0 Å². The Kier molecular flexibility index (Phi) is 8.08. The number of halogens is 1. The first kappa shape index (κ1) is 18.2. The fraction of sp³-hybridized carbons (Fsp3) is 0.385. The number of nitrogens with zero attached hydrogens (tertiary/aromatic N) is 2. The maximum Gasteiger partial charge on any atom is 0.339 e. The van der Waals surface area contributed by atoms with E-state index in [2.05, 4.69) is 0 Å². The van der Waals surface area contributed by atoms with Crippen molar-refractivity contribution in [3.05, 3.63) is 29.8 Å². The number of methoxy groups -OCH3 is 1. The van der Waals surface area contributed by atoms with Gasteiger partial charge in [0.1, 0.15) is 0 Å². The van der Waals surface area contributed by atoms with Crippen molar-refractivity contribution in [2.24, 2.45) is 0 Å². The summed E-state index contributed by atoms with van der Waals surface area (Å²) in [6.45, 7) is 0. The summed E-state index contributed by atoms with van der Waals surface area (Å²) >= 11 is 1.54. The van der Waals surface area contributed by atoms with Gasteiger partial charge in [0.25, 0.3) is 0 Å². The van der Waals surface area contributed by atoms with E-state index in [0.717, 1.165) is 10.1 Å². The largest absolute Gasteiger partial charge is 1.00 e. The number of hydrogen-bond acceptors (Lipinski definition) is 3. The molecule has 0 aliphatic carbocycles. The van der Waals surface area contributed by atoms with Gasteiger partial charge in [-0.15, -0.1) is 0 Å². The highest BCUT2D eigenvalue weighted by atomic mass is 127. The van der Waals surface area contributed by atoms with Crippen LogP contribution in [-0.4, -0.2) is 55.9 Å². The Labute approximate surface area is 135 Å². The standard InChI is InChI=1S/C13H19N2O2S.HI/c1-14(2)13(15(3)4)18-11-9-7-6-8-10(11)12(16)17-5;/h6-9H,1-5H3;1H/q+1;/p-1. The Morgan fingerprint density at radius 2 is 1.84 bits per heavy atom. The van der Waals surface area contributed by atoms with Gasteiger partial charge in [0.15, 0.2) is 0 Å². The smallest absolute Gasteiger partial charge is 0.339 e. The van der Waals surface area contributed by atoms with Crippen molar-refractivity contribution in [2.45, 2.75) is 4.90 Å². The molecule has 0 aliphatic heterocycles. The molecule has 0 saturated carbocycles. The zero-order chi connectivity index (χ0) is 13.7. The lowest BCUT2D eigenvalue weighted by molar-refractivity contribution is -0.466. The third-order valence-electron chi connectivity index (χ3n) is 2.26. The fourth-order valence-corrected chi connectivity index (χ4v) is 2.48. The molecule has 0 heterocycles. The van der Waals surface area contributed by atoms with E-state index in [0.29, 0.717) is 5.56 Å². The topological polar surface area (TPSA) is 32.5 Å². The first-order valence-electron chi connectivity index (χ1n) is 5.54. The van der Waals surface area contributed by atoms with Gasteiger partial charge in [0.05, 0.1) is 40.9 Å². The molecule has 0 fully saturated rings. The van der Waals surface area contributed by atoms with Crippen LogP contribution < -0.4 is 24.0 Å². The molecule has 0 atom stereocenters. The van der Waals surface area contributed by atoms with Gasteiger partial charge in [-0.25, -0.2) is 4.79 Å². The van der Waals surface area contributed by atoms with Crippen LogP contribution in [0.4, 0.5) is 0 Å². The van der Waals surface area contributed by atoms with Crippen LogP contribution in [0.1, 0.15) is 10.4 Å². The number of esters is 1. The molecule has 0 aromatic heterocycles. The molecule has 19 heavy (non-hydrogen) atoms. The van der Waals surface area contributed by atoms with Crippen LogP contribution in [0.25, 0.3) is 0 Å². The van der Waals surface area contributed by atoms with Crippen LogP contribution in [0.3, 0.4) is 0 Å². The van der Waals surface area contributed by atoms with Crippen molar-refractivity contribution in [1.29, 1.82) is 0 Å². The number of carbonyl (C=O) groups is 1. The van der Waals surface area contributed by atoms with Gasteiger partial charge >= 0.3 is 11.1 Å². The van der Waals surface area contributed by atoms with E-state index < -0.39 is 0 Å². The zero-order valence-corrected chi connectivity index (χ0v) is 14.8. The van der Waals surface area contributed by atoms with E-state index in [1.807, 2.05) is 55.9 Å². The second-order valence-corrected chi connectivity index (χ2v) is 5.17. The number of benzene rings is 1. The number of carbonyl (C=O) groups excluding carboxylic acids is 1. The second kappa shape index (κ2) is 8.42. The predicted octanol–water partition coefficient (Wildman–Crippen LogP) is -1.24. The lowest BCUT2D eigenvalue weighted by Gasteiger charge is -2.12. The number of ether oxygens (including phenoxy) is 1. The Morgan fingerprint density at radius 3 is 2.32 bits per heavy atom. The highest BCUT2D eigenvalue weighted by Crippen LogP contribution is 2.25. The van der Waals surface area contributed by atoms with Gasteiger partial charge in [-0.3, -0.25) is 9.48 Å². The van der Waals surface area contributed by atoms with Gasteiger partial charge < -0.3 is 28.7 Å².